The van der Waals surface area contributed by atoms with E-state index in [1.165, 1.54) is 38.6 Å². The van der Waals surface area contributed by atoms with Crippen molar-refractivity contribution in [1.29, 1.82) is 0 Å². The highest BCUT2D eigenvalue weighted by Crippen LogP contribution is 2.34. The predicted octanol–water partition coefficient (Wildman–Crippen LogP) is 7.93. The molecule has 0 saturated heterocycles. The van der Waals surface area contributed by atoms with Gasteiger partial charge in [-0.05, 0) is 87.4 Å². The monoisotopic (exact) mass is 447 g/mol. The summed E-state index contributed by atoms with van der Waals surface area (Å²) in [5, 5.41) is 2.74. The molecule has 5 rings (SSSR count). The number of benzene rings is 3. The molecule has 0 spiro atoms. The molecule has 5 aromatic rings. The number of hydrogen-bond acceptors (Lipinski definition) is 2. The summed E-state index contributed by atoms with van der Waals surface area (Å²) in [5.41, 5.74) is 8.94. The average Bonchev–Trinajstić information content (AvgIpc) is 3.38. The SMILES string of the molecule is CC(C)c1c(CC(C)c2cc[nH]c2)ccc2cc(CC(C)c3ccc4nccnc4c3)ccc12. The molecular weight excluding hydrogens is 414 g/mol. The molecule has 0 fully saturated rings. The zero-order chi connectivity index (χ0) is 23.7. The van der Waals surface area contributed by atoms with Crippen molar-refractivity contribution in [3.8, 4) is 0 Å². The molecule has 0 radical (unpaired) electrons. The standard InChI is InChI=1S/C31H33N3/c1-20(2)31-26(16-22(4)27-11-12-32-19-27)7-6-25-17-23(5-9-28(25)31)15-21(3)24-8-10-29-30(18-24)34-14-13-33-29/h5-14,17-22,32H,15-16H2,1-4H3. The lowest BCUT2D eigenvalue weighted by Crippen LogP contribution is -2.04. The minimum absolute atomic E-state index is 0.412. The Hall–Kier alpha value is -3.46. The molecule has 1 N–H and O–H groups in total. The molecule has 0 saturated carbocycles. The predicted molar refractivity (Wildman–Crippen MR) is 143 cm³/mol. The summed E-state index contributed by atoms with van der Waals surface area (Å²) >= 11 is 0. The van der Waals surface area contributed by atoms with E-state index in [-0.39, 0.29) is 0 Å². The van der Waals surface area contributed by atoms with Crippen molar-refractivity contribution in [3.63, 3.8) is 0 Å². The minimum Gasteiger partial charge on any atom is -0.367 e. The Morgan fingerprint density at radius 3 is 2.29 bits per heavy atom. The Balaban J connectivity index is 1.42. The smallest absolute Gasteiger partial charge is 0.0889 e. The Morgan fingerprint density at radius 2 is 1.53 bits per heavy atom. The van der Waals surface area contributed by atoms with E-state index in [0.717, 1.165) is 23.9 Å². The zero-order valence-electron chi connectivity index (χ0n) is 20.5. The van der Waals surface area contributed by atoms with E-state index < -0.39 is 0 Å². The van der Waals surface area contributed by atoms with Crippen molar-refractivity contribution in [3.05, 3.63) is 107 Å². The third-order valence-electron chi connectivity index (χ3n) is 7.11. The van der Waals surface area contributed by atoms with Crippen LogP contribution in [0.25, 0.3) is 21.8 Å². The van der Waals surface area contributed by atoms with Crippen molar-refractivity contribution < 1.29 is 0 Å². The van der Waals surface area contributed by atoms with Gasteiger partial charge in [0.25, 0.3) is 0 Å². The number of hydrogen-bond donors (Lipinski definition) is 1. The highest BCUT2D eigenvalue weighted by atomic mass is 14.8. The Bertz CT molecular complexity index is 1420. The van der Waals surface area contributed by atoms with Gasteiger partial charge in [-0.25, -0.2) is 0 Å². The molecule has 2 atom stereocenters. The van der Waals surface area contributed by atoms with E-state index in [0.29, 0.717) is 17.8 Å². The molecule has 0 amide bonds. The first-order chi connectivity index (χ1) is 16.5. The van der Waals surface area contributed by atoms with Gasteiger partial charge < -0.3 is 4.98 Å². The molecule has 172 valence electrons. The Morgan fingerprint density at radius 1 is 0.735 bits per heavy atom. The van der Waals surface area contributed by atoms with Crippen LogP contribution in [0.2, 0.25) is 0 Å². The van der Waals surface area contributed by atoms with Crippen LogP contribution in [0.15, 0.2) is 79.4 Å². The molecular formula is C31H33N3. The topological polar surface area (TPSA) is 41.6 Å². The zero-order valence-corrected chi connectivity index (χ0v) is 20.5. The average molecular weight is 448 g/mol. The number of aromatic amines is 1. The second kappa shape index (κ2) is 9.42. The van der Waals surface area contributed by atoms with Crippen molar-refractivity contribution in [2.75, 3.05) is 0 Å². The molecule has 0 aliphatic carbocycles. The Kier molecular flexibility index (Phi) is 6.19. The maximum atomic E-state index is 4.48. The van der Waals surface area contributed by atoms with Crippen molar-refractivity contribution in [2.24, 2.45) is 0 Å². The van der Waals surface area contributed by atoms with E-state index >= 15 is 0 Å². The van der Waals surface area contributed by atoms with Gasteiger partial charge in [0.2, 0.25) is 0 Å². The molecule has 3 heteroatoms. The van der Waals surface area contributed by atoms with Gasteiger partial charge in [-0.2, -0.15) is 0 Å². The van der Waals surface area contributed by atoms with Crippen LogP contribution < -0.4 is 0 Å². The van der Waals surface area contributed by atoms with Crippen LogP contribution in [0, 0.1) is 0 Å². The quantitative estimate of drug-likeness (QED) is 0.275. The number of nitrogens with one attached hydrogen (secondary N) is 1. The van der Waals surface area contributed by atoms with Crippen LogP contribution in [0.3, 0.4) is 0 Å². The molecule has 0 bridgehead atoms. The van der Waals surface area contributed by atoms with Crippen LogP contribution in [0.1, 0.15) is 73.3 Å². The number of nitrogens with zero attached hydrogens (tertiary/aromatic N) is 2. The third kappa shape index (κ3) is 4.48. The summed E-state index contributed by atoms with van der Waals surface area (Å²) in [4.78, 5) is 12.1. The fraction of sp³-hybridized carbons (Fsp3) is 0.290. The van der Waals surface area contributed by atoms with Crippen LogP contribution >= 0.6 is 0 Å². The fourth-order valence-electron chi connectivity index (χ4n) is 5.28. The van der Waals surface area contributed by atoms with Gasteiger partial charge in [-0.1, -0.05) is 64.1 Å². The van der Waals surface area contributed by atoms with Crippen molar-refractivity contribution in [1.82, 2.24) is 15.0 Å². The van der Waals surface area contributed by atoms with Gasteiger partial charge in [0.1, 0.15) is 0 Å². The summed E-state index contributed by atoms with van der Waals surface area (Å²) < 4.78 is 0. The maximum absolute atomic E-state index is 4.48. The number of fused-ring (bicyclic) bond motifs is 2. The molecule has 2 heterocycles. The summed E-state index contributed by atoms with van der Waals surface area (Å²) in [6.45, 7) is 9.25. The number of rotatable bonds is 7. The highest BCUT2D eigenvalue weighted by molar-refractivity contribution is 5.88. The summed E-state index contributed by atoms with van der Waals surface area (Å²) in [5.74, 6) is 1.39. The normalized spacial score (nSPS) is 13.6. The van der Waals surface area contributed by atoms with Gasteiger partial charge in [-0.15, -0.1) is 0 Å². The molecule has 34 heavy (non-hydrogen) atoms. The number of aromatic nitrogens is 3. The highest BCUT2D eigenvalue weighted by Gasteiger charge is 2.16. The van der Waals surface area contributed by atoms with Crippen LogP contribution in [0.4, 0.5) is 0 Å². The fourth-order valence-corrected chi connectivity index (χ4v) is 5.28. The van der Waals surface area contributed by atoms with E-state index in [4.69, 9.17) is 0 Å². The van der Waals surface area contributed by atoms with Gasteiger partial charge in [0, 0.05) is 24.8 Å². The van der Waals surface area contributed by atoms with Gasteiger partial charge >= 0.3 is 0 Å². The molecule has 2 aromatic heterocycles. The van der Waals surface area contributed by atoms with E-state index in [1.54, 1.807) is 12.4 Å². The molecule has 3 aromatic carbocycles. The van der Waals surface area contributed by atoms with Gasteiger partial charge in [0.15, 0.2) is 0 Å². The van der Waals surface area contributed by atoms with Gasteiger partial charge in [-0.3, -0.25) is 9.97 Å². The van der Waals surface area contributed by atoms with Crippen LogP contribution in [-0.2, 0) is 12.8 Å². The second-order valence-corrected chi connectivity index (χ2v) is 10.0. The molecule has 3 nitrogen and oxygen atoms in total. The molecule has 0 aliphatic rings. The summed E-state index contributed by atoms with van der Waals surface area (Å²) in [7, 11) is 0. The second-order valence-electron chi connectivity index (χ2n) is 10.0. The van der Waals surface area contributed by atoms with E-state index in [9.17, 15) is 0 Å². The van der Waals surface area contributed by atoms with E-state index in [2.05, 4.69) is 103 Å². The lowest BCUT2D eigenvalue weighted by molar-refractivity contribution is 0.741. The lowest BCUT2D eigenvalue weighted by Gasteiger charge is -2.20. The minimum atomic E-state index is 0.412. The van der Waals surface area contributed by atoms with Crippen molar-refractivity contribution in [2.45, 2.75) is 58.3 Å². The largest absolute Gasteiger partial charge is 0.367 e. The lowest BCUT2D eigenvalue weighted by atomic mass is 9.85. The molecule has 2 unspecified atom stereocenters. The first-order valence-electron chi connectivity index (χ1n) is 12.4. The number of H-pyrrole nitrogens is 1. The Labute approximate surface area is 202 Å². The van der Waals surface area contributed by atoms with Crippen molar-refractivity contribution >= 4 is 21.8 Å². The maximum Gasteiger partial charge on any atom is 0.0889 e. The summed E-state index contributed by atoms with van der Waals surface area (Å²) in [6, 6.07) is 20.4. The summed E-state index contributed by atoms with van der Waals surface area (Å²) in [6.07, 6.45) is 9.72. The van der Waals surface area contributed by atoms with Gasteiger partial charge in [0.05, 0.1) is 11.0 Å². The van der Waals surface area contributed by atoms with Crippen LogP contribution in [0.5, 0.6) is 0 Å². The van der Waals surface area contributed by atoms with Crippen LogP contribution in [-0.4, -0.2) is 15.0 Å². The first-order valence-corrected chi connectivity index (χ1v) is 12.4. The first kappa shape index (κ1) is 22.3. The van der Waals surface area contributed by atoms with E-state index in [1.807, 2.05) is 6.20 Å². The molecule has 0 aliphatic heterocycles. The third-order valence-corrected chi connectivity index (χ3v) is 7.11.